The van der Waals surface area contributed by atoms with Crippen LogP contribution < -0.4 is 5.43 Å². The molecule has 0 saturated heterocycles. The van der Waals surface area contributed by atoms with Gasteiger partial charge in [-0.05, 0) is 24.6 Å². The molecule has 1 N–H and O–H groups in total. The van der Waals surface area contributed by atoms with Gasteiger partial charge in [0.15, 0.2) is 5.43 Å². The van der Waals surface area contributed by atoms with Crippen molar-refractivity contribution in [3.8, 4) is 0 Å². The lowest BCUT2D eigenvalue weighted by atomic mass is 10.1. The normalized spacial score (nSPS) is 10.9. The van der Waals surface area contributed by atoms with Gasteiger partial charge in [-0.25, -0.2) is 4.39 Å². The van der Waals surface area contributed by atoms with E-state index in [1.807, 2.05) is 0 Å². The minimum Gasteiger partial charge on any atom is -0.378 e. The van der Waals surface area contributed by atoms with Crippen molar-refractivity contribution < 1.29 is 9.13 Å². The van der Waals surface area contributed by atoms with Crippen molar-refractivity contribution in [3.05, 3.63) is 45.5 Å². The number of methoxy groups -OCH3 is 1. The van der Waals surface area contributed by atoms with Crippen LogP contribution in [0.2, 0.25) is 0 Å². The maximum Gasteiger partial charge on any atom is 0.189 e. The highest BCUT2D eigenvalue weighted by Gasteiger charge is 2.06. The predicted molar refractivity (Wildman–Crippen MR) is 60.0 cm³/mol. The molecule has 1 aromatic heterocycles. The first-order chi connectivity index (χ1) is 7.61. The zero-order valence-electron chi connectivity index (χ0n) is 9.13. The smallest absolute Gasteiger partial charge is 0.189 e. The van der Waals surface area contributed by atoms with Crippen LogP contribution in [-0.2, 0) is 11.3 Å². The summed E-state index contributed by atoms with van der Waals surface area (Å²) in [5.41, 5.74) is 1.88. The molecule has 0 unspecified atom stereocenters. The third kappa shape index (κ3) is 1.84. The number of aromatic nitrogens is 1. The minimum atomic E-state index is -0.394. The zero-order chi connectivity index (χ0) is 11.7. The number of nitrogens with one attached hydrogen (secondary N) is 1. The number of hydrogen-bond donors (Lipinski definition) is 1. The van der Waals surface area contributed by atoms with E-state index in [4.69, 9.17) is 4.74 Å². The molecule has 0 aliphatic rings. The Kier molecular flexibility index (Phi) is 2.75. The van der Waals surface area contributed by atoms with Gasteiger partial charge >= 0.3 is 0 Å². The standard InChI is InChI=1S/C12H12FNO2/c1-7-3-8(13)4-10-11(15)5-9(6-16-2)14-12(7)10/h3-5H,6H2,1-2H3,(H,14,15). The molecule has 0 radical (unpaired) electrons. The molecule has 0 fully saturated rings. The number of pyridine rings is 1. The van der Waals surface area contributed by atoms with E-state index in [1.165, 1.54) is 18.2 Å². The van der Waals surface area contributed by atoms with Gasteiger partial charge in [0.25, 0.3) is 0 Å². The molecule has 1 heterocycles. The highest BCUT2D eigenvalue weighted by atomic mass is 19.1. The number of rotatable bonds is 2. The molecule has 2 rings (SSSR count). The summed E-state index contributed by atoms with van der Waals surface area (Å²) in [6.07, 6.45) is 0. The van der Waals surface area contributed by atoms with E-state index in [2.05, 4.69) is 4.98 Å². The number of fused-ring (bicyclic) bond motifs is 1. The highest BCUT2D eigenvalue weighted by Crippen LogP contribution is 2.15. The topological polar surface area (TPSA) is 42.1 Å². The molecule has 16 heavy (non-hydrogen) atoms. The number of H-pyrrole nitrogens is 1. The first-order valence-corrected chi connectivity index (χ1v) is 4.93. The van der Waals surface area contributed by atoms with Crippen molar-refractivity contribution in [2.24, 2.45) is 0 Å². The Morgan fingerprint density at radius 2 is 2.12 bits per heavy atom. The Morgan fingerprint density at radius 1 is 1.38 bits per heavy atom. The van der Waals surface area contributed by atoms with Gasteiger partial charge in [0.1, 0.15) is 5.82 Å². The SMILES string of the molecule is COCc1cc(=O)c2cc(F)cc(C)c2[nH]1. The van der Waals surface area contributed by atoms with Gasteiger partial charge in [-0.15, -0.1) is 0 Å². The van der Waals surface area contributed by atoms with E-state index < -0.39 is 5.82 Å². The molecule has 0 spiro atoms. The molecule has 0 amide bonds. The van der Waals surface area contributed by atoms with Gasteiger partial charge in [0.2, 0.25) is 0 Å². The van der Waals surface area contributed by atoms with E-state index in [0.29, 0.717) is 28.8 Å². The molecule has 1 aromatic carbocycles. The Hall–Kier alpha value is -1.68. The second-order valence-corrected chi connectivity index (χ2v) is 3.74. The Labute approximate surface area is 91.9 Å². The summed E-state index contributed by atoms with van der Waals surface area (Å²) < 4.78 is 18.1. The van der Waals surface area contributed by atoms with Gasteiger partial charge < -0.3 is 9.72 Å². The summed E-state index contributed by atoms with van der Waals surface area (Å²) >= 11 is 0. The minimum absolute atomic E-state index is 0.191. The Morgan fingerprint density at radius 3 is 2.81 bits per heavy atom. The molecule has 3 nitrogen and oxygen atoms in total. The monoisotopic (exact) mass is 221 g/mol. The quantitative estimate of drug-likeness (QED) is 0.844. The van der Waals surface area contributed by atoms with E-state index >= 15 is 0 Å². The highest BCUT2D eigenvalue weighted by molar-refractivity contribution is 5.81. The number of halogens is 1. The summed E-state index contributed by atoms with van der Waals surface area (Å²) in [7, 11) is 1.56. The van der Waals surface area contributed by atoms with Crippen LogP contribution in [-0.4, -0.2) is 12.1 Å². The van der Waals surface area contributed by atoms with Crippen molar-refractivity contribution >= 4 is 10.9 Å². The van der Waals surface area contributed by atoms with Crippen LogP contribution in [0.25, 0.3) is 10.9 Å². The third-order valence-corrected chi connectivity index (χ3v) is 2.46. The molecular weight excluding hydrogens is 209 g/mol. The molecule has 0 bridgehead atoms. The number of benzene rings is 1. The maximum atomic E-state index is 13.1. The van der Waals surface area contributed by atoms with Crippen molar-refractivity contribution in [1.82, 2.24) is 4.98 Å². The van der Waals surface area contributed by atoms with Gasteiger partial charge in [-0.3, -0.25) is 4.79 Å². The molecular formula is C12H12FNO2. The molecule has 0 aliphatic carbocycles. The predicted octanol–water partition coefficient (Wildman–Crippen LogP) is 2.12. The molecule has 0 saturated carbocycles. The molecule has 0 aliphatic heterocycles. The fraction of sp³-hybridized carbons (Fsp3) is 0.250. The fourth-order valence-electron chi connectivity index (χ4n) is 1.77. The van der Waals surface area contributed by atoms with Crippen LogP contribution in [0.3, 0.4) is 0 Å². The van der Waals surface area contributed by atoms with Crippen LogP contribution in [0.1, 0.15) is 11.3 Å². The maximum absolute atomic E-state index is 13.1. The van der Waals surface area contributed by atoms with E-state index in [9.17, 15) is 9.18 Å². The molecule has 4 heteroatoms. The largest absolute Gasteiger partial charge is 0.378 e. The lowest BCUT2D eigenvalue weighted by Crippen LogP contribution is -2.07. The van der Waals surface area contributed by atoms with Gasteiger partial charge in [0, 0.05) is 24.3 Å². The first-order valence-electron chi connectivity index (χ1n) is 4.93. The average molecular weight is 221 g/mol. The van der Waals surface area contributed by atoms with Crippen LogP contribution in [0, 0.1) is 12.7 Å². The molecule has 2 aromatic rings. The third-order valence-electron chi connectivity index (χ3n) is 2.46. The summed E-state index contributed by atoms with van der Waals surface area (Å²) in [4.78, 5) is 14.8. The number of aryl methyl sites for hydroxylation is 1. The van der Waals surface area contributed by atoms with E-state index in [1.54, 1.807) is 14.0 Å². The molecule has 0 atom stereocenters. The van der Waals surface area contributed by atoms with Crippen molar-refractivity contribution in [1.29, 1.82) is 0 Å². The lowest BCUT2D eigenvalue weighted by Gasteiger charge is -2.06. The summed E-state index contributed by atoms with van der Waals surface area (Å²) in [6, 6.07) is 4.08. The van der Waals surface area contributed by atoms with Crippen LogP contribution >= 0.6 is 0 Å². The van der Waals surface area contributed by atoms with Gasteiger partial charge in [-0.2, -0.15) is 0 Å². The fourth-order valence-corrected chi connectivity index (χ4v) is 1.77. The summed E-state index contributed by atoms with van der Waals surface area (Å²) in [5.74, 6) is -0.394. The molecule has 84 valence electrons. The summed E-state index contributed by atoms with van der Waals surface area (Å²) in [5, 5.41) is 0.373. The van der Waals surface area contributed by atoms with Crippen LogP contribution in [0.5, 0.6) is 0 Å². The van der Waals surface area contributed by atoms with E-state index in [-0.39, 0.29) is 5.43 Å². The zero-order valence-corrected chi connectivity index (χ0v) is 9.13. The van der Waals surface area contributed by atoms with Gasteiger partial charge in [0.05, 0.1) is 12.1 Å². The average Bonchev–Trinajstić information content (AvgIpc) is 2.20. The number of ether oxygens (including phenoxy) is 1. The van der Waals surface area contributed by atoms with Gasteiger partial charge in [-0.1, -0.05) is 0 Å². The van der Waals surface area contributed by atoms with Crippen molar-refractivity contribution in [2.45, 2.75) is 13.5 Å². The second kappa shape index (κ2) is 4.06. The van der Waals surface area contributed by atoms with Crippen molar-refractivity contribution in [2.75, 3.05) is 7.11 Å². The number of aromatic amines is 1. The van der Waals surface area contributed by atoms with Crippen molar-refractivity contribution in [3.63, 3.8) is 0 Å². The first kappa shape index (κ1) is 10.8. The number of hydrogen-bond acceptors (Lipinski definition) is 2. The van der Waals surface area contributed by atoms with Crippen LogP contribution in [0.15, 0.2) is 23.0 Å². The van der Waals surface area contributed by atoms with Crippen LogP contribution in [0.4, 0.5) is 4.39 Å². The second-order valence-electron chi connectivity index (χ2n) is 3.74. The Bertz CT molecular complexity index is 589. The Balaban J connectivity index is 2.77. The van der Waals surface area contributed by atoms with E-state index in [0.717, 1.165) is 0 Å². The summed E-state index contributed by atoms with van der Waals surface area (Å²) in [6.45, 7) is 2.10. The lowest BCUT2D eigenvalue weighted by molar-refractivity contribution is 0.181.